The molecule has 1 unspecified atom stereocenters. The third-order valence-electron chi connectivity index (χ3n) is 2.15. The highest BCUT2D eigenvalue weighted by molar-refractivity contribution is 6.01. The topological polar surface area (TPSA) is 75.6 Å². The third-order valence-corrected chi connectivity index (χ3v) is 2.15. The maximum absolute atomic E-state index is 11.8. The van der Waals surface area contributed by atoms with Crippen LogP contribution in [0.3, 0.4) is 0 Å². The molecule has 0 spiro atoms. The van der Waals surface area contributed by atoms with Crippen LogP contribution in [0.4, 0.5) is 4.79 Å². The number of hydrogen-bond donors (Lipinski definition) is 2. The standard InChI is InChI=1S/C12H15NO4/c1-3-17-12(16)13-8(2)11(15)9-4-6-10(14)7-5-9/h4-8,14H,3H2,1-2H3,(H,13,16). The number of Topliss-reactive ketones (excluding diaryl/α,β-unsaturated/α-hetero) is 1. The number of amides is 1. The van der Waals surface area contributed by atoms with Gasteiger partial charge in [-0.2, -0.15) is 0 Å². The van der Waals surface area contributed by atoms with Crippen molar-refractivity contribution in [3.05, 3.63) is 29.8 Å². The lowest BCUT2D eigenvalue weighted by molar-refractivity contribution is 0.0933. The van der Waals surface area contributed by atoms with Gasteiger partial charge in [0.1, 0.15) is 5.75 Å². The SMILES string of the molecule is CCOC(=O)NC(C)C(=O)c1ccc(O)cc1. The summed E-state index contributed by atoms with van der Waals surface area (Å²) in [5.74, 6) is -0.148. The highest BCUT2D eigenvalue weighted by atomic mass is 16.5. The molecule has 0 aliphatic carbocycles. The second kappa shape index (κ2) is 5.89. The van der Waals surface area contributed by atoms with Gasteiger partial charge in [-0.3, -0.25) is 4.79 Å². The number of phenols is 1. The van der Waals surface area contributed by atoms with E-state index in [0.717, 1.165) is 0 Å². The second-order valence-electron chi connectivity index (χ2n) is 3.50. The molecule has 5 heteroatoms. The van der Waals surface area contributed by atoms with E-state index in [0.29, 0.717) is 5.56 Å². The Morgan fingerprint density at radius 2 is 1.94 bits per heavy atom. The first-order valence-corrected chi connectivity index (χ1v) is 5.31. The largest absolute Gasteiger partial charge is 0.508 e. The monoisotopic (exact) mass is 237 g/mol. The molecule has 5 nitrogen and oxygen atoms in total. The zero-order chi connectivity index (χ0) is 12.8. The maximum Gasteiger partial charge on any atom is 0.407 e. The Kier molecular flexibility index (Phi) is 4.51. The minimum atomic E-state index is -0.668. The van der Waals surface area contributed by atoms with Crippen LogP contribution in [0.1, 0.15) is 24.2 Å². The lowest BCUT2D eigenvalue weighted by Gasteiger charge is -2.12. The van der Waals surface area contributed by atoms with Crippen molar-refractivity contribution >= 4 is 11.9 Å². The Balaban J connectivity index is 2.63. The smallest absolute Gasteiger partial charge is 0.407 e. The number of ketones is 1. The van der Waals surface area contributed by atoms with E-state index in [1.54, 1.807) is 13.8 Å². The number of phenolic OH excluding ortho intramolecular Hbond substituents is 1. The number of ether oxygens (including phenoxy) is 1. The van der Waals surface area contributed by atoms with E-state index in [9.17, 15) is 9.59 Å². The number of carbonyl (C=O) groups is 2. The molecule has 1 amide bonds. The molecular formula is C12H15NO4. The number of benzene rings is 1. The molecule has 17 heavy (non-hydrogen) atoms. The molecule has 0 radical (unpaired) electrons. The number of carbonyl (C=O) groups excluding carboxylic acids is 2. The predicted molar refractivity (Wildman–Crippen MR) is 62.1 cm³/mol. The van der Waals surface area contributed by atoms with Crippen LogP contribution in [0.2, 0.25) is 0 Å². The lowest BCUT2D eigenvalue weighted by Crippen LogP contribution is -2.38. The molecule has 1 aromatic carbocycles. The van der Waals surface area contributed by atoms with Gasteiger partial charge in [0.15, 0.2) is 5.78 Å². The number of hydrogen-bond acceptors (Lipinski definition) is 4. The number of rotatable bonds is 4. The van der Waals surface area contributed by atoms with Crippen molar-refractivity contribution in [1.82, 2.24) is 5.32 Å². The van der Waals surface area contributed by atoms with Crippen LogP contribution in [-0.4, -0.2) is 29.6 Å². The van der Waals surface area contributed by atoms with Crippen LogP contribution < -0.4 is 5.32 Å². The van der Waals surface area contributed by atoms with E-state index in [1.807, 2.05) is 0 Å². The van der Waals surface area contributed by atoms with E-state index >= 15 is 0 Å². The van der Waals surface area contributed by atoms with Gasteiger partial charge in [0.2, 0.25) is 0 Å². The van der Waals surface area contributed by atoms with Gasteiger partial charge >= 0.3 is 6.09 Å². The van der Waals surface area contributed by atoms with Crippen molar-refractivity contribution in [2.45, 2.75) is 19.9 Å². The summed E-state index contributed by atoms with van der Waals surface area (Å²) in [6.07, 6.45) is -0.618. The Hall–Kier alpha value is -2.04. The highest BCUT2D eigenvalue weighted by Crippen LogP contribution is 2.11. The predicted octanol–water partition coefficient (Wildman–Crippen LogP) is 1.71. The maximum atomic E-state index is 11.8. The molecule has 92 valence electrons. The van der Waals surface area contributed by atoms with E-state index in [1.165, 1.54) is 24.3 Å². The summed E-state index contributed by atoms with van der Waals surface area (Å²) in [5.41, 5.74) is 0.423. The molecule has 0 aliphatic rings. The van der Waals surface area contributed by atoms with Crippen LogP contribution in [-0.2, 0) is 4.74 Å². The van der Waals surface area contributed by atoms with Crippen LogP contribution in [0, 0.1) is 0 Å². The Labute approximate surface area is 99.4 Å². The molecule has 0 bridgehead atoms. The Morgan fingerprint density at radius 3 is 2.47 bits per heavy atom. The van der Waals surface area contributed by atoms with E-state index in [2.05, 4.69) is 10.1 Å². The summed E-state index contributed by atoms with van der Waals surface area (Å²) >= 11 is 0. The van der Waals surface area contributed by atoms with Gasteiger partial charge in [0.05, 0.1) is 12.6 Å². The van der Waals surface area contributed by atoms with Crippen molar-refractivity contribution in [3.8, 4) is 5.75 Å². The first-order valence-electron chi connectivity index (χ1n) is 5.31. The molecule has 0 saturated heterocycles. The van der Waals surface area contributed by atoms with E-state index in [-0.39, 0.29) is 18.1 Å². The van der Waals surface area contributed by atoms with Crippen molar-refractivity contribution in [2.24, 2.45) is 0 Å². The van der Waals surface area contributed by atoms with Gasteiger partial charge in [0.25, 0.3) is 0 Å². The molecule has 2 N–H and O–H groups in total. The fourth-order valence-electron chi connectivity index (χ4n) is 1.29. The summed E-state index contributed by atoms with van der Waals surface area (Å²) in [6, 6.07) is 5.18. The van der Waals surface area contributed by atoms with Gasteiger partial charge < -0.3 is 15.2 Å². The number of nitrogens with one attached hydrogen (secondary N) is 1. The molecule has 0 heterocycles. The Bertz CT molecular complexity index is 399. The molecule has 0 fully saturated rings. The summed E-state index contributed by atoms with van der Waals surface area (Å²) in [7, 11) is 0. The fraction of sp³-hybridized carbons (Fsp3) is 0.333. The summed E-state index contributed by atoms with van der Waals surface area (Å²) in [5, 5.41) is 11.5. The third kappa shape index (κ3) is 3.79. The lowest BCUT2D eigenvalue weighted by atomic mass is 10.1. The molecule has 0 aromatic heterocycles. The fourth-order valence-corrected chi connectivity index (χ4v) is 1.29. The molecule has 1 rings (SSSR count). The van der Waals surface area contributed by atoms with Crippen molar-refractivity contribution < 1.29 is 19.4 Å². The first-order chi connectivity index (χ1) is 8.04. The van der Waals surface area contributed by atoms with E-state index in [4.69, 9.17) is 5.11 Å². The quantitative estimate of drug-likeness (QED) is 0.782. The first kappa shape index (κ1) is 13.0. The summed E-state index contributed by atoms with van der Waals surface area (Å²) < 4.78 is 4.68. The average molecular weight is 237 g/mol. The summed E-state index contributed by atoms with van der Waals surface area (Å²) in [4.78, 5) is 23.0. The minimum absolute atomic E-state index is 0.0903. The van der Waals surface area contributed by atoms with Gasteiger partial charge in [-0.15, -0.1) is 0 Å². The van der Waals surface area contributed by atoms with E-state index < -0.39 is 12.1 Å². The average Bonchev–Trinajstić information content (AvgIpc) is 2.29. The molecule has 0 aliphatic heterocycles. The molecule has 0 saturated carbocycles. The highest BCUT2D eigenvalue weighted by Gasteiger charge is 2.17. The van der Waals surface area contributed by atoms with Crippen molar-refractivity contribution in [1.29, 1.82) is 0 Å². The Morgan fingerprint density at radius 1 is 1.35 bits per heavy atom. The summed E-state index contributed by atoms with van der Waals surface area (Å²) in [6.45, 7) is 3.52. The van der Waals surface area contributed by atoms with Crippen LogP contribution >= 0.6 is 0 Å². The van der Waals surface area contributed by atoms with Crippen LogP contribution in [0.15, 0.2) is 24.3 Å². The van der Waals surface area contributed by atoms with Crippen LogP contribution in [0.5, 0.6) is 5.75 Å². The van der Waals surface area contributed by atoms with Gasteiger partial charge in [-0.05, 0) is 38.1 Å². The van der Waals surface area contributed by atoms with Crippen molar-refractivity contribution in [3.63, 3.8) is 0 Å². The molecular weight excluding hydrogens is 222 g/mol. The van der Waals surface area contributed by atoms with Crippen LogP contribution in [0.25, 0.3) is 0 Å². The van der Waals surface area contributed by atoms with Crippen molar-refractivity contribution in [2.75, 3.05) is 6.61 Å². The van der Waals surface area contributed by atoms with Gasteiger partial charge in [-0.1, -0.05) is 0 Å². The number of alkyl carbamates (subject to hydrolysis) is 1. The van der Waals surface area contributed by atoms with Gasteiger partial charge in [-0.25, -0.2) is 4.79 Å². The molecule has 1 aromatic rings. The number of aromatic hydroxyl groups is 1. The zero-order valence-electron chi connectivity index (χ0n) is 9.77. The normalized spacial score (nSPS) is 11.6. The van der Waals surface area contributed by atoms with Gasteiger partial charge in [0, 0.05) is 5.56 Å². The minimum Gasteiger partial charge on any atom is -0.508 e. The second-order valence-corrected chi connectivity index (χ2v) is 3.50. The zero-order valence-corrected chi connectivity index (χ0v) is 9.77. The molecule has 1 atom stereocenters.